The van der Waals surface area contributed by atoms with Gasteiger partial charge in [0, 0.05) is 38.5 Å². The van der Waals surface area contributed by atoms with Crippen LogP contribution in [-0.2, 0) is 11.3 Å². The number of rotatable bonds is 6. The van der Waals surface area contributed by atoms with Gasteiger partial charge in [-0.25, -0.2) is 4.98 Å². The highest BCUT2D eigenvalue weighted by Crippen LogP contribution is 2.23. The summed E-state index contributed by atoms with van der Waals surface area (Å²) in [5.74, 6) is 1.14. The predicted molar refractivity (Wildman–Crippen MR) is 87.8 cm³/mol. The lowest BCUT2D eigenvalue weighted by atomic mass is 10.1. The van der Waals surface area contributed by atoms with Crippen LogP contribution in [0, 0.1) is 6.92 Å². The highest BCUT2D eigenvalue weighted by Gasteiger charge is 2.21. The minimum absolute atomic E-state index is 0.432. The fraction of sp³-hybridized carbons (Fsp3) is 0.706. The minimum atomic E-state index is 0.432. The van der Waals surface area contributed by atoms with Gasteiger partial charge < -0.3 is 15.0 Å². The van der Waals surface area contributed by atoms with Crippen LogP contribution in [0.1, 0.15) is 44.7 Å². The normalized spacial score (nSPS) is 16.7. The van der Waals surface area contributed by atoms with Gasteiger partial charge in [-0.3, -0.25) is 0 Å². The van der Waals surface area contributed by atoms with Crippen molar-refractivity contribution < 1.29 is 4.74 Å². The summed E-state index contributed by atoms with van der Waals surface area (Å²) in [6, 6.07) is 2.76. The smallest absolute Gasteiger partial charge is 0.131 e. The second kappa shape index (κ2) is 7.76. The van der Waals surface area contributed by atoms with E-state index in [0.29, 0.717) is 12.1 Å². The van der Waals surface area contributed by atoms with E-state index in [0.717, 1.165) is 44.9 Å². The maximum absolute atomic E-state index is 5.72. The number of hydrogen-bond donors (Lipinski definition) is 1. The number of nitrogens with zero attached hydrogens (tertiary/aromatic N) is 2. The summed E-state index contributed by atoms with van der Waals surface area (Å²) in [6.07, 6.45) is 4.64. The summed E-state index contributed by atoms with van der Waals surface area (Å²) < 4.78 is 5.72. The molecule has 1 aliphatic rings. The van der Waals surface area contributed by atoms with Crippen LogP contribution in [0.5, 0.6) is 0 Å². The zero-order chi connectivity index (χ0) is 15.2. The first-order valence-electron chi connectivity index (χ1n) is 8.15. The zero-order valence-electron chi connectivity index (χ0n) is 13.9. The van der Waals surface area contributed by atoms with Crippen LogP contribution in [-0.4, -0.2) is 36.8 Å². The number of aryl methyl sites for hydroxylation is 1. The molecular formula is C17H29N3O. The lowest BCUT2D eigenvalue weighted by molar-refractivity contribution is 0.0458. The Morgan fingerprint density at radius 3 is 2.67 bits per heavy atom. The van der Waals surface area contributed by atoms with E-state index in [9.17, 15) is 0 Å². The molecule has 2 heterocycles. The Balaban J connectivity index is 1.95. The zero-order valence-corrected chi connectivity index (χ0v) is 13.9. The second-order valence-electron chi connectivity index (χ2n) is 6.16. The van der Waals surface area contributed by atoms with Crippen LogP contribution in [0.15, 0.2) is 12.3 Å². The SMILES string of the molecule is CCOC1CCN(c2ncc(CNC(C)C)cc2C)CC1. The number of pyridine rings is 1. The molecule has 1 aliphatic heterocycles. The maximum Gasteiger partial charge on any atom is 0.131 e. The number of aromatic nitrogens is 1. The Morgan fingerprint density at radius 1 is 1.38 bits per heavy atom. The average molecular weight is 291 g/mol. The van der Waals surface area contributed by atoms with Crippen molar-refractivity contribution in [2.45, 2.75) is 59.2 Å². The van der Waals surface area contributed by atoms with Crippen LogP contribution >= 0.6 is 0 Å². The van der Waals surface area contributed by atoms with E-state index in [1.165, 1.54) is 11.1 Å². The highest BCUT2D eigenvalue weighted by atomic mass is 16.5. The molecule has 4 nitrogen and oxygen atoms in total. The molecule has 0 radical (unpaired) electrons. The number of hydrogen-bond acceptors (Lipinski definition) is 4. The fourth-order valence-electron chi connectivity index (χ4n) is 2.85. The van der Waals surface area contributed by atoms with Crippen LogP contribution in [0.4, 0.5) is 5.82 Å². The molecule has 0 spiro atoms. The molecule has 1 aromatic rings. The molecule has 1 aromatic heterocycles. The molecule has 0 amide bonds. The lowest BCUT2D eigenvalue weighted by Crippen LogP contribution is -2.38. The van der Waals surface area contributed by atoms with Crippen molar-refractivity contribution in [1.82, 2.24) is 10.3 Å². The molecule has 21 heavy (non-hydrogen) atoms. The Morgan fingerprint density at radius 2 is 2.10 bits per heavy atom. The predicted octanol–water partition coefficient (Wildman–Crippen LogP) is 2.89. The third kappa shape index (κ3) is 4.68. The summed E-state index contributed by atoms with van der Waals surface area (Å²) in [5, 5.41) is 3.44. The molecule has 0 atom stereocenters. The lowest BCUT2D eigenvalue weighted by Gasteiger charge is -2.33. The van der Waals surface area contributed by atoms with E-state index in [-0.39, 0.29) is 0 Å². The topological polar surface area (TPSA) is 37.4 Å². The van der Waals surface area contributed by atoms with Gasteiger partial charge in [-0.2, -0.15) is 0 Å². The van der Waals surface area contributed by atoms with Crippen molar-refractivity contribution in [3.8, 4) is 0 Å². The molecular weight excluding hydrogens is 262 g/mol. The van der Waals surface area contributed by atoms with E-state index in [4.69, 9.17) is 9.72 Å². The summed E-state index contributed by atoms with van der Waals surface area (Å²) >= 11 is 0. The number of anilines is 1. The van der Waals surface area contributed by atoms with Gasteiger partial charge in [0.05, 0.1) is 6.10 Å². The van der Waals surface area contributed by atoms with Gasteiger partial charge in [0.15, 0.2) is 0 Å². The van der Waals surface area contributed by atoms with Crippen molar-refractivity contribution in [2.75, 3.05) is 24.6 Å². The summed E-state index contributed by atoms with van der Waals surface area (Å²) in [5.41, 5.74) is 2.53. The molecule has 1 fully saturated rings. The van der Waals surface area contributed by atoms with Crippen molar-refractivity contribution in [3.63, 3.8) is 0 Å². The number of ether oxygens (including phenoxy) is 1. The van der Waals surface area contributed by atoms with Crippen LogP contribution in [0.25, 0.3) is 0 Å². The van der Waals surface area contributed by atoms with Gasteiger partial charge >= 0.3 is 0 Å². The molecule has 0 aliphatic carbocycles. The van der Waals surface area contributed by atoms with Gasteiger partial charge in [-0.05, 0) is 43.9 Å². The van der Waals surface area contributed by atoms with E-state index in [1.54, 1.807) is 0 Å². The quantitative estimate of drug-likeness (QED) is 0.874. The molecule has 2 rings (SSSR count). The number of nitrogens with one attached hydrogen (secondary N) is 1. The van der Waals surface area contributed by atoms with Gasteiger partial charge in [-0.15, -0.1) is 0 Å². The van der Waals surface area contributed by atoms with Gasteiger partial charge in [0.25, 0.3) is 0 Å². The highest BCUT2D eigenvalue weighted by molar-refractivity contribution is 5.47. The van der Waals surface area contributed by atoms with E-state index in [2.05, 4.69) is 44.0 Å². The Labute approximate surface area is 128 Å². The maximum atomic E-state index is 5.72. The van der Waals surface area contributed by atoms with Crippen LogP contribution in [0.3, 0.4) is 0 Å². The standard InChI is InChI=1S/C17H29N3O/c1-5-21-16-6-8-20(9-7-16)17-14(4)10-15(12-19-17)11-18-13(2)3/h10,12-13,16,18H,5-9,11H2,1-4H3. The first-order valence-corrected chi connectivity index (χ1v) is 8.15. The molecule has 118 valence electrons. The second-order valence-corrected chi connectivity index (χ2v) is 6.16. The Kier molecular flexibility index (Phi) is 6.00. The van der Waals surface area contributed by atoms with E-state index < -0.39 is 0 Å². The number of piperidine rings is 1. The molecule has 0 aromatic carbocycles. The van der Waals surface area contributed by atoms with Crippen molar-refractivity contribution in [3.05, 3.63) is 23.4 Å². The summed E-state index contributed by atoms with van der Waals surface area (Å²) in [6.45, 7) is 12.4. The fourth-order valence-corrected chi connectivity index (χ4v) is 2.85. The van der Waals surface area contributed by atoms with Gasteiger partial charge in [-0.1, -0.05) is 13.8 Å². The van der Waals surface area contributed by atoms with E-state index in [1.807, 2.05) is 6.20 Å². The van der Waals surface area contributed by atoms with Gasteiger partial charge in [0.2, 0.25) is 0 Å². The van der Waals surface area contributed by atoms with Crippen molar-refractivity contribution in [2.24, 2.45) is 0 Å². The molecule has 4 heteroatoms. The molecule has 0 bridgehead atoms. The molecule has 1 saturated heterocycles. The van der Waals surface area contributed by atoms with Crippen molar-refractivity contribution in [1.29, 1.82) is 0 Å². The molecule has 0 saturated carbocycles. The minimum Gasteiger partial charge on any atom is -0.378 e. The monoisotopic (exact) mass is 291 g/mol. The van der Waals surface area contributed by atoms with Crippen LogP contribution < -0.4 is 10.2 Å². The van der Waals surface area contributed by atoms with Crippen molar-refractivity contribution >= 4 is 5.82 Å². The Hall–Kier alpha value is -1.13. The third-order valence-corrected chi connectivity index (χ3v) is 3.97. The third-order valence-electron chi connectivity index (χ3n) is 3.97. The summed E-state index contributed by atoms with van der Waals surface area (Å²) in [4.78, 5) is 7.09. The average Bonchev–Trinajstić information content (AvgIpc) is 2.47. The molecule has 1 N–H and O–H groups in total. The van der Waals surface area contributed by atoms with E-state index >= 15 is 0 Å². The van der Waals surface area contributed by atoms with Crippen LogP contribution in [0.2, 0.25) is 0 Å². The first-order chi connectivity index (χ1) is 10.1. The largest absolute Gasteiger partial charge is 0.378 e. The van der Waals surface area contributed by atoms with Gasteiger partial charge in [0.1, 0.15) is 5.82 Å². The first kappa shape index (κ1) is 16.2. The summed E-state index contributed by atoms with van der Waals surface area (Å²) in [7, 11) is 0. The molecule has 0 unspecified atom stereocenters. The Bertz CT molecular complexity index is 440.